The molecule has 1 N–H and O–H groups in total. The summed E-state index contributed by atoms with van der Waals surface area (Å²) in [7, 11) is 0. The Kier molecular flexibility index (Phi) is 4.84. The number of rotatable bonds is 4. The molecule has 164 valence electrons. The molecule has 0 spiro atoms. The van der Waals surface area contributed by atoms with Gasteiger partial charge in [0.05, 0.1) is 25.5 Å². The van der Waals surface area contributed by atoms with Crippen molar-refractivity contribution in [1.29, 1.82) is 0 Å². The highest BCUT2D eigenvalue weighted by molar-refractivity contribution is 5.94. The van der Waals surface area contributed by atoms with Gasteiger partial charge in [0.2, 0.25) is 0 Å². The molecule has 0 unspecified atom stereocenters. The Balaban J connectivity index is 1.28. The molecule has 0 atom stereocenters. The third-order valence-electron chi connectivity index (χ3n) is 6.00. The molecule has 33 heavy (non-hydrogen) atoms. The number of fused-ring (bicyclic) bond motifs is 2. The first-order valence-corrected chi connectivity index (χ1v) is 11.0. The van der Waals surface area contributed by atoms with Gasteiger partial charge >= 0.3 is 0 Å². The molecule has 0 saturated carbocycles. The van der Waals surface area contributed by atoms with Gasteiger partial charge in [0.15, 0.2) is 11.5 Å². The van der Waals surface area contributed by atoms with Crippen LogP contribution in [-0.2, 0) is 11.3 Å². The first-order chi connectivity index (χ1) is 16.2. The zero-order chi connectivity index (χ0) is 22.2. The van der Waals surface area contributed by atoms with E-state index in [0.29, 0.717) is 44.2 Å². The van der Waals surface area contributed by atoms with Crippen LogP contribution in [0.5, 0.6) is 0 Å². The van der Waals surface area contributed by atoms with Crippen LogP contribution in [0.15, 0.2) is 66.0 Å². The molecule has 2 aromatic heterocycles. The summed E-state index contributed by atoms with van der Waals surface area (Å²) >= 11 is 0. The van der Waals surface area contributed by atoms with Crippen molar-refractivity contribution in [2.45, 2.75) is 6.54 Å². The molecule has 1 saturated heterocycles. The zero-order valence-electron chi connectivity index (χ0n) is 17.9. The Morgan fingerprint density at radius 3 is 2.76 bits per heavy atom. The van der Waals surface area contributed by atoms with E-state index in [0.717, 1.165) is 28.2 Å². The Hall–Kier alpha value is -4.04. The molecule has 8 nitrogen and oxygen atoms in total. The fourth-order valence-corrected chi connectivity index (χ4v) is 4.21. The van der Waals surface area contributed by atoms with E-state index in [4.69, 9.17) is 9.72 Å². The summed E-state index contributed by atoms with van der Waals surface area (Å²) < 4.78 is 7.30. The van der Waals surface area contributed by atoms with Gasteiger partial charge in [-0.25, -0.2) is 9.97 Å². The lowest BCUT2D eigenvalue weighted by atomic mass is 10.0. The molecule has 0 radical (unpaired) electrons. The van der Waals surface area contributed by atoms with Crippen LogP contribution >= 0.6 is 0 Å². The predicted octanol–water partition coefficient (Wildman–Crippen LogP) is 3.54. The second-order valence-corrected chi connectivity index (χ2v) is 8.12. The highest BCUT2D eigenvalue weighted by Crippen LogP contribution is 2.27. The lowest BCUT2D eigenvalue weighted by Crippen LogP contribution is -2.40. The lowest BCUT2D eigenvalue weighted by molar-refractivity contribution is 0.0303. The van der Waals surface area contributed by atoms with Crippen LogP contribution in [0.2, 0.25) is 0 Å². The van der Waals surface area contributed by atoms with E-state index < -0.39 is 0 Å². The minimum absolute atomic E-state index is 0.0289. The summed E-state index contributed by atoms with van der Waals surface area (Å²) in [5.74, 6) is 0.683. The summed E-state index contributed by atoms with van der Waals surface area (Å²) in [5, 5.41) is 3.38. The zero-order valence-corrected chi connectivity index (χ0v) is 17.9. The Morgan fingerprint density at radius 1 is 1.06 bits per heavy atom. The monoisotopic (exact) mass is 438 g/mol. The van der Waals surface area contributed by atoms with Crippen LogP contribution in [-0.4, -0.2) is 57.7 Å². The minimum Gasteiger partial charge on any atom is -0.378 e. The number of hydrogen-bond acceptors (Lipinski definition) is 6. The van der Waals surface area contributed by atoms with E-state index in [1.165, 1.54) is 5.56 Å². The van der Waals surface area contributed by atoms with E-state index in [1.54, 1.807) is 6.20 Å². The molecule has 8 heteroatoms. The molecule has 0 bridgehead atoms. The Labute approximate surface area is 190 Å². The van der Waals surface area contributed by atoms with Gasteiger partial charge in [0.1, 0.15) is 0 Å². The maximum Gasteiger partial charge on any atom is 0.254 e. The fraction of sp³-hybridized carbons (Fsp3) is 0.200. The van der Waals surface area contributed by atoms with E-state index >= 15 is 0 Å². The average molecular weight is 438 g/mol. The number of nitrogens with zero attached hydrogens (tertiary/aromatic N) is 5. The van der Waals surface area contributed by atoms with Crippen molar-refractivity contribution in [1.82, 2.24) is 19.3 Å². The topological polar surface area (TPSA) is 84.1 Å². The van der Waals surface area contributed by atoms with Crippen molar-refractivity contribution in [3.63, 3.8) is 0 Å². The number of carbonyl (C=O) groups is 1. The number of ether oxygens (including phenoxy) is 1. The van der Waals surface area contributed by atoms with E-state index in [9.17, 15) is 4.79 Å². The number of benzene rings is 2. The Morgan fingerprint density at radius 2 is 1.91 bits per heavy atom. The molecule has 4 heterocycles. The summed E-state index contributed by atoms with van der Waals surface area (Å²) in [4.78, 5) is 28.2. The van der Waals surface area contributed by atoms with E-state index in [-0.39, 0.29) is 5.91 Å². The number of hydrogen-bond donors (Lipinski definition) is 1. The standard InChI is InChI=1S/C25H22N6O2/c32-25(30-9-11-33-12-10-30)17-3-5-21(6-4-17)28-23-24-27-7-8-31(24)16-22(29-23)18-1-2-19-14-26-15-20(19)13-18/h1-8,13-14,16H,9-12,15H2,(H,28,29). The minimum atomic E-state index is 0.0289. The number of morpholine rings is 1. The molecule has 1 fully saturated rings. The molecular weight excluding hydrogens is 416 g/mol. The van der Waals surface area contributed by atoms with Crippen molar-refractivity contribution in [2.75, 3.05) is 31.6 Å². The number of aromatic nitrogens is 3. The highest BCUT2D eigenvalue weighted by atomic mass is 16.5. The second kappa shape index (κ2) is 8.14. The fourth-order valence-electron chi connectivity index (χ4n) is 4.21. The average Bonchev–Trinajstić information content (AvgIpc) is 3.53. The normalized spacial score (nSPS) is 15.1. The smallest absolute Gasteiger partial charge is 0.254 e. The maximum atomic E-state index is 12.7. The SMILES string of the molecule is O=C(c1ccc(Nc2nc(-c3ccc4c(c3)CN=C4)cn3ccnc23)cc1)N1CCOCC1. The summed E-state index contributed by atoms with van der Waals surface area (Å²) in [5.41, 5.74) is 6.47. The van der Waals surface area contributed by atoms with Crippen LogP contribution in [0.4, 0.5) is 11.5 Å². The van der Waals surface area contributed by atoms with Crippen LogP contribution in [0.3, 0.4) is 0 Å². The number of anilines is 2. The quantitative estimate of drug-likeness (QED) is 0.527. The largest absolute Gasteiger partial charge is 0.378 e. The molecule has 2 aliphatic heterocycles. The highest BCUT2D eigenvalue weighted by Gasteiger charge is 2.18. The lowest BCUT2D eigenvalue weighted by Gasteiger charge is -2.26. The van der Waals surface area contributed by atoms with Gasteiger partial charge in [-0.2, -0.15) is 0 Å². The van der Waals surface area contributed by atoms with Gasteiger partial charge in [-0.3, -0.25) is 9.79 Å². The molecule has 0 aliphatic carbocycles. The molecule has 6 rings (SSSR count). The van der Waals surface area contributed by atoms with Gasteiger partial charge in [-0.05, 0) is 41.5 Å². The molecule has 4 aromatic rings. The molecule has 2 aliphatic rings. The van der Waals surface area contributed by atoms with Crippen LogP contribution < -0.4 is 5.32 Å². The van der Waals surface area contributed by atoms with Crippen molar-refractivity contribution >= 4 is 29.3 Å². The first-order valence-electron chi connectivity index (χ1n) is 11.0. The summed E-state index contributed by atoms with van der Waals surface area (Å²) in [6, 6.07) is 13.8. The van der Waals surface area contributed by atoms with Crippen molar-refractivity contribution in [2.24, 2.45) is 4.99 Å². The van der Waals surface area contributed by atoms with Crippen LogP contribution in [0.25, 0.3) is 16.9 Å². The van der Waals surface area contributed by atoms with Gasteiger partial charge in [-0.15, -0.1) is 0 Å². The van der Waals surface area contributed by atoms with Crippen LogP contribution in [0, 0.1) is 0 Å². The molecule has 2 aromatic carbocycles. The second-order valence-electron chi connectivity index (χ2n) is 8.12. The molecule has 1 amide bonds. The third-order valence-corrected chi connectivity index (χ3v) is 6.00. The van der Waals surface area contributed by atoms with E-state index in [1.807, 2.05) is 52.2 Å². The van der Waals surface area contributed by atoms with Crippen LogP contribution in [0.1, 0.15) is 21.5 Å². The number of amides is 1. The van der Waals surface area contributed by atoms with Crippen molar-refractivity contribution in [3.8, 4) is 11.3 Å². The summed E-state index contributed by atoms with van der Waals surface area (Å²) in [6.07, 6.45) is 7.56. The van der Waals surface area contributed by atoms with Gasteiger partial charge in [-0.1, -0.05) is 12.1 Å². The van der Waals surface area contributed by atoms with Gasteiger partial charge in [0.25, 0.3) is 5.91 Å². The van der Waals surface area contributed by atoms with Gasteiger partial charge in [0, 0.05) is 54.7 Å². The number of carbonyl (C=O) groups excluding carboxylic acids is 1. The van der Waals surface area contributed by atoms with Gasteiger partial charge < -0.3 is 19.4 Å². The third kappa shape index (κ3) is 3.74. The van der Waals surface area contributed by atoms with Crippen molar-refractivity contribution in [3.05, 3.63) is 77.7 Å². The number of imidazole rings is 1. The first kappa shape index (κ1) is 19.6. The number of nitrogens with one attached hydrogen (secondary N) is 1. The molecular formula is C25H22N6O2. The summed E-state index contributed by atoms with van der Waals surface area (Å²) in [6.45, 7) is 3.14. The predicted molar refractivity (Wildman–Crippen MR) is 126 cm³/mol. The number of aliphatic imine (C=N–C) groups is 1. The van der Waals surface area contributed by atoms with Crippen molar-refractivity contribution < 1.29 is 9.53 Å². The van der Waals surface area contributed by atoms with E-state index in [2.05, 4.69) is 33.5 Å². The maximum absolute atomic E-state index is 12.7. The Bertz CT molecular complexity index is 1370.